The van der Waals surface area contributed by atoms with Crippen LogP contribution in [0.2, 0.25) is 0 Å². The molecule has 3 spiro atoms. The van der Waals surface area contributed by atoms with Crippen molar-refractivity contribution < 1.29 is 125 Å². The second-order valence-corrected chi connectivity index (χ2v) is 43.2. The third kappa shape index (κ3) is 21.5. The summed E-state index contributed by atoms with van der Waals surface area (Å²) in [6.45, 7) is 20.6. The van der Waals surface area contributed by atoms with E-state index < -0.39 is 105 Å². The first-order valence-corrected chi connectivity index (χ1v) is 50.5. The van der Waals surface area contributed by atoms with Gasteiger partial charge in [0.25, 0.3) is 0 Å². The number of ether oxygens (including phenoxy) is 12. The van der Waals surface area contributed by atoms with Crippen molar-refractivity contribution in [1.82, 2.24) is 34.7 Å². The zero-order valence-corrected chi connectivity index (χ0v) is 83.7. The third-order valence-corrected chi connectivity index (χ3v) is 31.8. The number of aliphatic hydroxyl groups is 6. The number of anilines is 1. The topological polar surface area (TPSA) is 382 Å². The predicted molar refractivity (Wildman–Crippen MR) is 515 cm³/mol. The Labute approximate surface area is 824 Å². The number of benzene rings is 4. The van der Waals surface area contributed by atoms with Gasteiger partial charge in [0.2, 0.25) is 38.1 Å². The highest BCUT2D eigenvalue weighted by Gasteiger charge is 2.64. The molecule has 7 N–H and O–H groups in total. The molecule has 768 valence electrons. The Morgan fingerprint density at radius 1 is 0.447 bits per heavy atom. The standard InChI is InChI=1S/C38H48FN3O8.C35H51N3O8.C34H44N2O9/c1-36(2,45)11-4-13-38(46,23-32(43)41-18-16-40(17-19-41)27-8-6-26(39)7-9-27)35(44)50-34-31(47-3)22-37-12-5-14-42(37)15-10-25-20-29-30(49-24-48-29)21-28(25)33(34)37;1-33(2,41)11-6-13-35(42,21-29(39)37-15-9-24(10-16-37)36(3)4)32(40)46-31-28(43-5)20-34-12-7-14-38(34)17-8-23-18-26-27(45-22-44-26)19-25(23)30(31)34;1-21-7-8-23(44-21)19-35-28(37)18-34(40,12-5-10-32(2,3)39)31(38)45-30-27(41-4)17-33-11-6-13-36(33)14-9-22-15-25-26(43-20-42-25)16-24(22)29(30)33/h6-9,20-22,33-34,45-46H,4-5,10-19,23-24H2,1-3H3;18-20,24,30-31,41-42H,6-17,21-22H2,1-5H3;7-8,15-17,29-30,39-40H,5-6,9-14,18-20H2,1-4H3,(H,35,37)/t33-,34-,37+,38-;30-,31-,34+,35-;29-,30-,33+,34-/m111/s1. The van der Waals surface area contributed by atoms with Crippen LogP contribution in [0.1, 0.15) is 233 Å². The molecule has 12 atom stereocenters. The van der Waals surface area contributed by atoms with Crippen LogP contribution in [0, 0.1) is 12.7 Å². The number of rotatable bonds is 31. The van der Waals surface area contributed by atoms with Gasteiger partial charge < -0.3 is 117 Å². The van der Waals surface area contributed by atoms with Crippen molar-refractivity contribution in [3.63, 3.8) is 0 Å². The quantitative estimate of drug-likeness (QED) is 0.0160. The largest absolute Gasteiger partial charge is 0.497 e. The fourth-order valence-electron chi connectivity index (χ4n) is 24.5. The Balaban J connectivity index is 0.000000146. The first-order valence-electron chi connectivity index (χ1n) is 50.5. The maximum atomic E-state index is 14.4. The molecular weight excluding hydrogens is 1820 g/mol. The number of nitrogens with one attached hydrogen (secondary N) is 1. The van der Waals surface area contributed by atoms with E-state index in [1.165, 1.54) is 12.1 Å². The van der Waals surface area contributed by atoms with Crippen molar-refractivity contribution in [1.29, 1.82) is 0 Å². The fourth-order valence-corrected chi connectivity index (χ4v) is 24.5. The van der Waals surface area contributed by atoms with Crippen LogP contribution in [0.15, 0.2) is 113 Å². The van der Waals surface area contributed by atoms with Gasteiger partial charge in [-0.2, -0.15) is 0 Å². The molecule has 4 aromatic carbocycles. The first kappa shape index (κ1) is 102. The summed E-state index contributed by atoms with van der Waals surface area (Å²) >= 11 is 0. The zero-order chi connectivity index (χ0) is 100. The molecule has 33 nitrogen and oxygen atoms in total. The minimum Gasteiger partial charge on any atom is -0.497 e. The fraction of sp³-hybridized carbons (Fsp3) is 0.626. The molecule has 3 amide bonds. The van der Waals surface area contributed by atoms with Crippen molar-refractivity contribution in [3.05, 3.63) is 159 Å². The van der Waals surface area contributed by atoms with Gasteiger partial charge in [-0.25, -0.2) is 18.8 Å². The van der Waals surface area contributed by atoms with E-state index in [1.807, 2.05) is 57.4 Å². The Kier molecular flexibility index (Phi) is 29.8. The summed E-state index contributed by atoms with van der Waals surface area (Å²) in [5, 5.41) is 70.0. The molecule has 0 unspecified atom stereocenters. The number of esters is 3. The summed E-state index contributed by atoms with van der Waals surface area (Å²) in [5.41, 5.74) is -3.44. The highest BCUT2D eigenvalue weighted by Crippen LogP contribution is 2.60. The van der Waals surface area contributed by atoms with Gasteiger partial charge in [0.05, 0.1) is 98.3 Å². The number of piperazine rings is 1. The molecule has 1 aromatic heterocycles. The molecule has 19 rings (SSSR count). The number of halogens is 1. The van der Waals surface area contributed by atoms with Gasteiger partial charge in [-0.05, 0) is 335 Å². The average Bonchev–Trinajstić information content (AvgIpc) is 1.56. The number of likely N-dealkylation sites (tertiary alicyclic amines) is 1. The highest BCUT2D eigenvalue weighted by molar-refractivity contribution is 5.90. The molecule has 14 aliphatic rings. The summed E-state index contributed by atoms with van der Waals surface area (Å²) in [6.07, 6.45) is 13.9. The minimum absolute atomic E-state index is 0.00825. The summed E-state index contributed by atoms with van der Waals surface area (Å²) in [7, 11) is 8.81. The van der Waals surface area contributed by atoms with Crippen molar-refractivity contribution in [2.75, 3.05) is 139 Å². The van der Waals surface area contributed by atoms with Crippen LogP contribution in [0.5, 0.6) is 34.5 Å². The SMILES string of the molecule is COC1=C[C@]23CCCN2CCc2cc4c(cc2[C@@H]3[C@@H]1OC(=O)[C@@](O)(CCCC(C)(C)O)CC(=O)N1CCC(N(C)C)CC1)OCO4.COC1=C[C@]23CCCN2CCc2cc4c(cc2[C@@H]3[C@@H]1OC(=O)[C@@](O)(CCCC(C)(C)O)CC(=O)N1CCN(c2ccc(F)cc2)CC1)OCO4.COC1=C[C@]23CCCN2CCc2cc4c(cc2[C@@H]3[C@@H]1OC(=O)[C@@](O)(CCCC(C)(C)O)CC(=O)NCc1ccc(C)o1)OCO4. The average molecular weight is 1960 g/mol. The third-order valence-electron chi connectivity index (χ3n) is 31.8. The van der Waals surface area contributed by atoms with Gasteiger partial charge in [-0.15, -0.1) is 0 Å². The predicted octanol–water partition coefficient (Wildman–Crippen LogP) is 10.5. The number of hydrogen-bond acceptors (Lipinski definition) is 30. The molecule has 5 saturated heterocycles. The van der Waals surface area contributed by atoms with E-state index in [2.05, 4.69) is 48.0 Å². The molecule has 12 heterocycles. The summed E-state index contributed by atoms with van der Waals surface area (Å²) in [6, 6.07) is 22.3. The van der Waals surface area contributed by atoms with Gasteiger partial charge in [0, 0.05) is 70.6 Å². The minimum atomic E-state index is -2.14. The van der Waals surface area contributed by atoms with E-state index in [-0.39, 0.29) is 88.0 Å². The van der Waals surface area contributed by atoms with Crippen molar-refractivity contribution >= 4 is 41.3 Å². The van der Waals surface area contributed by atoms with E-state index >= 15 is 0 Å². The molecular formula is C107H143FN8O25. The number of carbonyl (C=O) groups excluding carboxylic acids is 6. The normalized spacial score (nSPS) is 26.0. The lowest BCUT2D eigenvalue weighted by molar-refractivity contribution is -0.177. The smallest absolute Gasteiger partial charge is 0.339 e. The second kappa shape index (κ2) is 41.1. The number of aryl methyl sites for hydroxylation is 1. The maximum Gasteiger partial charge on any atom is 0.339 e. The second-order valence-electron chi connectivity index (χ2n) is 43.2. The van der Waals surface area contributed by atoms with Gasteiger partial charge in [0.1, 0.15) is 34.6 Å². The molecule has 5 aromatic rings. The highest BCUT2D eigenvalue weighted by atomic mass is 19.1. The van der Waals surface area contributed by atoms with Crippen molar-refractivity contribution in [2.45, 2.75) is 295 Å². The van der Waals surface area contributed by atoms with Crippen LogP contribution in [-0.4, -0.2) is 305 Å². The molecule has 141 heavy (non-hydrogen) atoms. The molecule has 34 heteroatoms. The molecule has 0 bridgehead atoms. The number of methoxy groups -OCH3 is 3. The lowest BCUT2D eigenvalue weighted by atomic mass is 9.77. The zero-order valence-electron chi connectivity index (χ0n) is 83.7. The van der Waals surface area contributed by atoms with E-state index in [9.17, 15) is 63.8 Å². The van der Waals surface area contributed by atoms with Gasteiger partial charge in [0.15, 0.2) is 69.6 Å². The van der Waals surface area contributed by atoms with Gasteiger partial charge in [-0.1, -0.05) is 0 Å². The van der Waals surface area contributed by atoms with Gasteiger partial charge in [-0.3, -0.25) is 29.1 Å². The lowest BCUT2D eigenvalue weighted by Gasteiger charge is -2.40. The van der Waals surface area contributed by atoms with Crippen molar-refractivity contribution in [3.8, 4) is 34.5 Å². The number of piperidine rings is 1. The van der Waals surface area contributed by atoms with E-state index in [0.717, 1.165) is 155 Å². The Morgan fingerprint density at radius 3 is 1.13 bits per heavy atom. The van der Waals surface area contributed by atoms with E-state index in [1.54, 1.807) is 96.9 Å². The number of nitrogens with zero attached hydrogens (tertiary/aromatic N) is 7. The van der Waals surface area contributed by atoms with Crippen LogP contribution in [0.25, 0.3) is 0 Å². The first-order chi connectivity index (χ1) is 67.1. The Hall–Kier alpha value is -10.3. The maximum absolute atomic E-state index is 14.4. The summed E-state index contributed by atoms with van der Waals surface area (Å²) < 4.78 is 90.2. The van der Waals surface area contributed by atoms with Crippen LogP contribution in [-0.2, 0) is 83.0 Å². The van der Waals surface area contributed by atoms with Crippen molar-refractivity contribution in [2.24, 2.45) is 0 Å². The molecule has 5 fully saturated rings. The van der Waals surface area contributed by atoms with Crippen LogP contribution in [0.4, 0.5) is 10.1 Å². The van der Waals surface area contributed by atoms with Crippen LogP contribution in [0.3, 0.4) is 0 Å². The van der Waals surface area contributed by atoms with Gasteiger partial charge >= 0.3 is 17.9 Å². The Morgan fingerprint density at radius 2 is 0.794 bits per heavy atom. The van der Waals surface area contributed by atoms with Crippen LogP contribution >= 0.6 is 0 Å². The number of amides is 3. The number of carbonyl (C=O) groups is 6. The number of fused-ring (bicyclic) bond motifs is 9. The summed E-state index contributed by atoms with van der Waals surface area (Å²) in [5.74, 6) is 1.95. The Bertz CT molecular complexity index is 5510. The van der Waals surface area contributed by atoms with Crippen LogP contribution < -0.4 is 38.6 Å². The molecule has 0 saturated carbocycles. The van der Waals surface area contributed by atoms with E-state index in [4.69, 9.17) is 61.3 Å². The monoisotopic (exact) mass is 1960 g/mol. The van der Waals surface area contributed by atoms with E-state index in [0.29, 0.717) is 141 Å². The molecule has 0 radical (unpaired) electrons. The molecule has 11 aliphatic heterocycles. The lowest BCUT2D eigenvalue weighted by Crippen LogP contribution is -2.53. The number of furan rings is 1. The molecule has 3 aliphatic carbocycles. The number of hydrogen-bond donors (Lipinski definition) is 7. The summed E-state index contributed by atoms with van der Waals surface area (Å²) in [4.78, 5) is 98.3.